The first-order chi connectivity index (χ1) is 11.9. The van der Waals surface area contributed by atoms with Crippen molar-refractivity contribution >= 4 is 33.6 Å². The Balaban J connectivity index is 1.56. The van der Waals surface area contributed by atoms with Crippen molar-refractivity contribution in [2.75, 3.05) is 5.75 Å². The number of amides is 1. The molecule has 3 rings (SSSR count). The van der Waals surface area contributed by atoms with Crippen molar-refractivity contribution in [1.82, 2.24) is 5.32 Å². The topological polar surface area (TPSA) is 38.3 Å². The molecule has 1 aliphatic heterocycles. The second kappa shape index (κ2) is 7.83. The lowest BCUT2D eigenvalue weighted by Crippen LogP contribution is -2.41. The van der Waals surface area contributed by atoms with E-state index < -0.39 is 0 Å². The van der Waals surface area contributed by atoms with E-state index in [-0.39, 0.29) is 17.6 Å². The summed E-state index contributed by atoms with van der Waals surface area (Å²) in [4.78, 5) is 12.4. The minimum atomic E-state index is -0.281. The molecule has 0 saturated heterocycles. The van der Waals surface area contributed by atoms with Crippen LogP contribution in [0.4, 0.5) is 0 Å². The molecule has 2 aromatic rings. The molecule has 1 heterocycles. The predicted molar refractivity (Wildman–Crippen MR) is 107 cm³/mol. The van der Waals surface area contributed by atoms with Gasteiger partial charge in [-0.1, -0.05) is 46.3 Å². The molecule has 2 aromatic carbocycles. The summed E-state index contributed by atoms with van der Waals surface area (Å²) in [5, 5.41) is 3.18. The highest BCUT2D eigenvalue weighted by molar-refractivity contribution is 9.10. The number of hydrogen-bond acceptors (Lipinski definition) is 3. The van der Waals surface area contributed by atoms with E-state index in [9.17, 15) is 4.79 Å². The third-order valence-corrected chi connectivity index (χ3v) is 5.66. The summed E-state index contributed by atoms with van der Waals surface area (Å²) < 4.78 is 7.09. The van der Waals surface area contributed by atoms with Gasteiger partial charge < -0.3 is 10.1 Å². The molecular formula is C20H22BrNO2S. The summed E-state index contributed by atoms with van der Waals surface area (Å²) in [7, 11) is 0. The second-order valence-corrected chi connectivity index (χ2v) is 8.74. The van der Waals surface area contributed by atoms with E-state index in [1.54, 1.807) is 11.8 Å². The number of para-hydroxylation sites is 1. The number of hydrogen-bond donors (Lipinski definition) is 1. The van der Waals surface area contributed by atoms with Crippen molar-refractivity contribution < 1.29 is 9.53 Å². The third kappa shape index (κ3) is 5.02. The normalized spacial score (nSPS) is 18.1. The average molecular weight is 420 g/mol. The zero-order chi connectivity index (χ0) is 17.9. The van der Waals surface area contributed by atoms with E-state index in [1.165, 1.54) is 5.56 Å². The number of rotatable bonds is 5. The van der Waals surface area contributed by atoms with Crippen LogP contribution in [0, 0.1) is 0 Å². The van der Waals surface area contributed by atoms with E-state index in [0.29, 0.717) is 5.75 Å². The smallest absolute Gasteiger partial charge is 0.230 e. The van der Waals surface area contributed by atoms with Gasteiger partial charge >= 0.3 is 0 Å². The molecule has 1 aliphatic rings. The minimum Gasteiger partial charge on any atom is -0.487 e. The Labute approximate surface area is 161 Å². The van der Waals surface area contributed by atoms with Gasteiger partial charge in [-0.25, -0.2) is 0 Å². The van der Waals surface area contributed by atoms with Gasteiger partial charge in [0, 0.05) is 22.2 Å². The number of thioether (sulfide) groups is 1. The first-order valence-electron chi connectivity index (χ1n) is 8.32. The summed E-state index contributed by atoms with van der Waals surface area (Å²) in [5.41, 5.74) is 2.00. The lowest BCUT2D eigenvalue weighted by Gasteiger charge is -2.37. The molecular weight excluding hydrogens is 398 g/mol. The van der Waals surface area contributed by atoms with Gasteiger partial charge in [-0.15, -0.1) is 11.8 Å². The summed E-state index contributed by atoms with van der Waals surface area (Å²) in [6.07, 6.45) is 0.771. The molecule has 0 aromatic heterocycles. The number of halogens is 1. The standard InChI is InChI=1S/C20H22BrNO2S/c1-20(2)11-17(16-5-3-4-6-18(16)24-20)22-19(23)13-25-12-14-7-9-15(21)10-8-14/h3-10,17H,11-13H2,1-2H3,(H,22,23). The van der Waals surface area contributed by atoms with Crippen LogP contribution >= 0.6 is 27.7 Å². The van der Waals surface area contributed by atoms with Crippen LogP contribution < -0.4 is 10.1 Å². The highest BCUT2D eigenvalue weighted by Gasteiger charge is 2.34. The highest BCUT2D eigenvalue weighted by atomic mass is 79.9. The van der Waals surface area contributed by atoms with E-state index in [1.807, 2.05) is 36.4 Å². The van der Waals surface area contributed by atoms with Crippen LogP contribution in [0.1, 0.15) is 37.4 Å². The van der Waals surface area contributed by atoms with E-state index in [4.69, 9.17) is 4.74 Å². The van der Waals surface area contributed by atoms with Crippen LogP contribution in [0.5, 0.6) is 5.75 Å². The first-order valence-corrected chi connectivity index (χ1v) is 10.3. The SMILES string of the molecule is CC1(C)CC(NC(=O)CSCc2ccc(Br)cc2)c2ccccc2O1. The molecule has 0 bridgehead atoms. The lowest BCUT2D eigenvalue weighted by atomic mass is 9.90. The van der Waals surface area contributed by atoms with Crippen molar-refractivity contribution in [1.29, 1.82) is 0 Å². The minimum absolute atomic E-state index is 0.000677. The summed E-state index contributed by atoms with van der Waals surface area (Å²) >= 11 is 5.06. The molecule has 1 unspecified atom stereocenters. The van der Waals surface area contributed by atoms with Crippen LogP contribution in [0.15, 0.2) is 53.0 Å². The number of carbonyl (C=O) groups is 1. The molecule has 0 saturated carbocycles. The number of carbonyl (C=O) groups excluding carboxylic acids is 1. The number of ether oxygens (including phenoxy) is 1. The number of benzene rings is 2. The third-order valence-electron chi connectivity index (χ3n) is 4.13. The molecule has 5 heteroatoms. The molecule has 25 heavy (non-hydrogen) atoms. The first kappa shape index (κ1) is 18.3. The molecule has 1 atom stereocenters. The maximum Gasteiger partial charge on any atom is 0.230 e. The van der Waals surface area contributed by atoms with Crippen LogP contribution in [0.25, 0.3) is 0 Å². The van der Waals surface area contributed by atoms with Crippen LogP contribution in [-0.2, 0) is 10.5 Å². The fourth-order valence-corrected chi connectivity index (χ4v) is 4.07. The van der Waals surface area contributed by atoms with Gasteiger partial charge in [0.05, 0.1) is 11.8 Å². The maximum absolute atomic E-state index is 12.4. The quantitative estimate of drug-likeness (QED) is 0.732. The van der Waals surface area contributed by atoms with Crippen molar-refractivity contribution in [2.24, 2.45) is 0 Å². The molecule has 0 fully saturated rings. The fourth-order valence-electron chi connectivity index (χ4n) is 3.01. The Hall–Kier alpha value is -1.46. The van der Waals surface area contributed by atoms with Gasteiger partial charge in [0.2, 0.25) is 5.91 Å². The van der Waals surface area contributed by atoms with Crippen molar-refractivity contribution in [3.63, 3.8) is 0 Å². The van der Waals surface area contributed by atoms with E-state index in [0.717, 1.165) is 28.0 Å². The monoisotopic (exact) mass is 419 g/mol. The molecule has 3 nitrogen and oxygen atoms in total. The van der Waals surface area contributed by atoms with Crippen molar-refractivity contribution in [2.45, 2.75) is 37.7 Å². The van der Waals surface area contributed by atoms with Crippen molar-refractivity contribution in [3.05, 3.63) is 64.1 Å². The van der Waals surface area contributed by atoms with Gasteiger partial charge in [-0.2, -0.15) is 0 Å². The van der Waals surface area contributed by atoms with Gasteiger partial charge in [0.1, 0.15) is 11.4 Å². The summed E-state index contributed by atoms with van der Waals surface area (Å²) in [6, 6.07) is 16.2. The van der Waals surface area contributed by atoms with Crippen LogP contribution in [0.3, 0.4) is 0 Å². The number of nitrogens with one attached hydrogen (secondary N) is 1. The van der Waals surface area contributed by atoms with Crippen LogP contribution in [-0.4, -0.2) is 17.3 Å². The predicted octanol–water partition coefficient (Wildman–Crippen LogP) is 5.10. The van der Waals surface area contributed by atoms with E-state index in [2.05, 4.69) is 47.2 Å². The number of fused-ring (bicyclic) bond motifs is 1. The molecule has 132 valence electrons. The van der Waals surface area contributed by atoms with Gasteiger partial charge in [-0.3, -0.25) is 4.79 Å². The van der Waals surface area contributed by atoms with Crippen molar-refractivity contribution in [3.8, 4) is 5.75 Å². The Kier molecular flexibility index (Phi) is 5.74. The van der Waals surface area contributed by atoms with E-state index >= 15 is 0 Å². The Bertz CT molecular complexity index is 746. The highest BCUT2D eigenvalue weighted by Crippen LogP contribution is 2.39. The van der Waals surface area contributed by atoms with Gasteiger partial charge in [-0.05, 0) is 37.6 Å². The van der Waals surface area contributed by atoms with Crippen LogP contribution in [0.2, 0.25) is 0 Å². The molecule has 1 amide bonds. The zero-order valence-electron chi connectivity index (χ0n) is 14.4. The average Bonchev–Trinajstić information content (AvgIpc) is 2.55. The lowest BCUT2D eigenvalue weighted by molar-refractivity contribution is -0.119. The Morgan fingerprint density at radius 1 is 1.24 bits per heavy atom. The maximum atomic E-state index is 12.4. The summed E-state index contributed by atoms with van der Waals surface area (Å²) in [5.74, 6) is 2.22. The summed E-state index contributed by atoms with van der Waals surface area (Å²) in [6.45, 7) is 4.12. The Morgan fingerprint density at radius 2 is 1.96 bits per heavy atom. The molecule has 1 N–H and O–H groups in total. The zero-order valence-corrected chi connectivity index (χ0v) is 16.8. The Morgan fingerprint density at radius 3 is 2.72 bits per heavy atom. The van der Waals surface area contributed by atoms with Gasteiger partial charge in [0.15, 0.2) is 0 Å². The molecule has 0 radical (unpaired) electrons. The second-order valence-electron chi connectivity index (χ2n) is 6.84. The fraction of sp³-hybridized carbons (Fsp3) is 0.350. The molecule has 0 spiro atoms. The molecule has 0 aliphatic carbocycles. The largest absolute Gasteiger partial charge is 0.487 e. The van der Waals surface area contributed by atoms with Gasteiger partial charge in [0.25, 0.3) is 0 Å².